The van der Waals surface area contributed by atoms with Crippen molar-refractivity contribution in [1.29, 1.82) is 0 Å². The van der Waals surface area contributed by atoms with E-state index in [4.69, 9.17) is 0 Å². The molecule has 6 heteroatoms. The number of nitrogens with zero attached hydrogens (tertiary/aromatic N) is 3. The number of fused-ring (bicyclic) bond motifs is 2. The first-order valence-electron chi connectivity index (χ1n) is 9.92. The topological polar surface area (TPSA) is 80.0 Å². The Hall–Kier alpha value is -3.41. The maximum atomic E-state index is 12.4. The van der Waals surface area contributed by atoms with Crippen LogP contribution in [-0.4, -0.2) is 25.5 Å². The molecule has 0 radical (unpaired) electrons. The molecule has 0 atom stereocenters. The molecule has 0 spiro atoms. The van der Waals surface area contributed by atoms with Crippen molar-refractivity contribution in [1.82, 2.24) is 14.5 Å². The lowest BCUT2D eigenvalue weighted by atomic mass is 10.1. The summed E-state index contributed by atoms with van der Waals surface area (Å²) in [6.45, 7) is 2.94. The summed E-state index contributed by atoms with van der Waals surface area (Å²) in [4.78, 5) is 21.1. The third kappa shape index (κ3) is 4.06. The van der Waals surface area contributed by atoms with Crippen LogP contribution in [-0.2, 0) is 11.3 Å². The van der Waals surface area contributed by atoms with Gasteiger partial charge in [0, 0.05) is 24.5 Å². The Morgan fingerprint density at radius 3 is 2.83 bits per heavy atom. The molecule has 2 aromatic carbocycles. The van der Waals surface area contributed by atoms with E-state index in [0.29, 0.717) is 17.6 Å². The van der Waals surface area contributed by atoms with Crippen molar-refractivity contribution in [2.45, 2.75) is 39.2 Å². The van der Waals surface area contributed by atoms with E-state index in [1.165, 1.54) is 0 Å². The van der Waals surface area contributed by atoms with E-state index in [2.05, 4.69) is 25.9 Å². The number of carbonyl (C=O) groups is 1. The third-order valence-corrected chi connectivity index (χ3v) is 5.15. The minimum absolute atomic E-state index is 0.0231. The molecule has 4 aromatic rings. The highest BCUT2D eigenvalue weighted by molar-refractivity contribution is 6.02. The fourth-order valence-electron chi connectivity index (χ4n) is 3.69. The number of pyridine rings is 1. The maximum absolute atomic E-state index is 12.4. The van der Waals surface area contributed by atoms with E-state index in [1.54, 1.807) is 24.4 Å². The third-order valence-electron chi connectivity index (χ3n) is 5.15. The van der Waals surface area contributed by atoms with Gasteiger partial charge in [-0.15, -0.1) is 0 Å². The molecule has 0 fully saturated rings. The smallest absolute Gasteiger partial charge is 0.224 e. The van der Waals surface area contributed by atoms with Gasteiger partial charge in [0.05, 0.1) is 16.7 Å². The number of imidazole rings is 1. The second kappa shape index (κ2) is 8.31. The summed E-state index contributed by atoms with van der Waals surface area (Å²) in [5.41, 5.74) is 3.36. The van der Waals surface area contributed by atoms with E-state index in [1.807, 2.05) is 31.2 Å². The Morgan fingerprint density at radius 2 is 1.93 bits per heavy atom. The van der Waals surface area contributed by atoms with Gasteiger partial charge in [-0.2, -0.15) is 0 Å². The number of rotatable bonds is 7. The SMILES string of the molecule is Cc1nc2ccccc2n1CCCCCC(=O)Nc1ccc(O)c2ncccc12. The van der Waals surface area contributed by atoms with Crippen LogP contribution < -0.4 is 5.32 Å². The number of anilines is 1. The van der Waals surface area contributed by atoms with Crippen LogP contribution in [0.5, 0.6) is 5.75 Å². The average molecular weight is 388 g/mol. The van der Waals surface area contributed by atoms with Gasteiger partial charge >= 0.3 is 0 Å². The highest BCUT2D eigenvalue weighted by Crippen LogP contribution is 2.29. The Morgan fingerprint density at radius 1 is 1.07 bits per heavy atom. The molecule has 148 valence electrons. The largest absolute Gasteiger partial charge is 0.506 e. The fraction of sp³-hybridized carbons (Fsp3) is 0.261. The quantitative estimate of drug-likeness (QED) is 0.352. The number of hydrogen-bond acceptors (Lipinski definition) is 4. The summed E-state index contributed by atoms with van der Waals surface area (Å²) in [7, 11) is 0. The highest BCUT2D eigenvalue weighted by Gasteiger charge is 2.10. The molecular weight excluding hydrogens is 364 g/mol. The van der Waals surface area contributed by atoms with E-state index in [0.717, 1.165) is 48.1 Å². The van der Waals surface area contributed by atoms with Crippen LogP contribution in [0.3, 0.4) is 0 Å². The number of para-hydroxylation sites is 2. The number of aryl methyl sites for hydroxylation is 2. The molecule has 6 nitrogen and oxygen atoms in total. The first kappa shape index (κ1) is 18.9. The molecule has 0 aliphatic heterocycles. The zero-order valence-electron chi connectivity index (χ0n) is 16.4. The molecule has 2 aromatic heterocycles. The van der Waals surface area contributed by atoms with Crippen molar-refractivity contribution in [2.75, 3.05) is 5.32 Å². The van der Waals surface area contributed by atoms with Gasteiger partial charge in [0.15, 0.2) is 0 Å². The Balaban J connectivity index is 1.29. The van der Waals surface area contributed by atoms with Crippen LogP contribution in [0.25, 0.3) is 21.9 Å². The Kier molecular flexibility index (Phi) is 5.42. The van der Waals surface area contributed by atoms with E-state index in [-0.39, 0.29) is 11.7 Å². The standard InChI is InChI=1S/C23H24N4O2/c1-16-25-19-9-4-5-10-20(19)27(16)15-6-2-3-11-22(29)26-18-12-13-21(28)23-17(18)8-7-14-24-23/h4-5,7-10,12-14,28H,2-3,6,11,15H2,1H3,(H,26,29). The summed E-state index contributed by atoms with van der Waals surface area (Å²) >= 11 is 0. The number of phenols is 1. The van der Waals surface area contributed by atoms with Gasteiger partial charge in [-0.05, 0) is 56.2 Å². The van der Waals surface area contributed by atoms with Gasteiger partial charge in [0.1, 0.15) is 17.1 Å². The molecule has 0 bridgehead atoms. The van der Waals surface area contributed by atoms with Crippen LogP contribution in [0.4, 0.5) is 5.69 Å². The predicted molar refractivity (Wildman–Crippen MR) is 115 cm³/mol. The minimum Gasteiger partial charge on any atom is -0.506 e. The molecule has 0 unspecified atom stereocenters. The van der Waals surface area contributed by atoms with Gasteiger partial charge in [-0.25, -0.2) is 4.98 Å². The summed E-state index contributed by atoms with van der Waals surface area (Å²) in [6, 6.07) is 15.1. The lowest BCUT2D eigenvalue weighted by molar-refractivity contribution is -0.116. The summed E-state index contributed by atoms with van der Waals surface area (Å²) in [6.07, 6.45) is 4.88. The van der Waals surface area contributed by atoms with Crippen LogP contribution in [0, 0.1) is 6.92 Å². The van der Waals surface area contributed by atoms with Crippen molar-refractivity contribution >= 4 is 33.5 Å². The molecule has 4 rings (SSSR count). The number of amides is 1. The summed E-state index contributed by atoms with van der Waals surface area (Å²) < 4.78 is 2.24. The van der Waals surface area contributed by atoms with Gasteiger partial charge < -0.3 is 15.0 Å². The van der Waals surface area contributed by atoms with E-state index >= 15 is 0 Å². The maximum Gasteiger partial charge on any atom is 0.224 e. The van der Waals surface area contributed by atoms with Crippen molar-refractivity contribution in [3.05, 3.63) is 60.6 Å². The summed E-state index contributed by atoms with van der Waals surface area (Å²) in [5.74, 6) is 1.11. The lowest BCUT2D eigenvalue weighted by Gasteiger charge is -2.10. The Bertz CT molecular complexity index is 1170. The predicted octanol–water partition coefficient (Wildman–Crippen LogP) is 4.80. The van der Waals surface area contributed by atoms with Gasteiger partial charge in [0.25, 0.3) is 0 Å². The van der Waals surface area contributed by atoms with Gasteiger partial charge in [-0.3, -0.25) is 9.78 Å². The van der Waals surface area contributed by atoms with Gasteiger partial charge in [-0.1, -0.05) is 18.6 Å². The number of benzene rings is 2. The molecule has 0 aliphatic rings. The molecular formula is C23H24N4O2. The first-order chi connectivity index (χ1) is 14.1. The second-order valence-corrected chi connectivity index (χ2v) is 7.19. The number of aromatic hydroxyl groups is 1. The fourth-order valence-corrected chi connectivity index (χ4v) is 3.69. The van der Waals surface area contributed by atoms with Gasteiger partial charge in [0.2, 0.25) is 5.91 Å². The highest BCUT2D eigenvalue weighted by atomic mass is 16.3. The number of aromatic nitrogens is 3. The van der Waals surface area contributed by atoms with Crippen LogP contribution in [0.15, 0.2) is 54.7 Å². The van der Waals surface area contributed by atoms with Crippen molar-refractivity contribution in [3.8, 4) is 5.75 Å². The molecule has 29 heavy (non-hydrogen) atoms. The van der Waals surface area contributed by atoms with Crippen molar-refractivity contribution in [2.24, 2.45) is 0 Å². The first-order valence-corrected chi connectivity index (χ1v) is 9.92. The van der Waals surface area contributed by atoms with E-state index in [9.17, 15) is 9.90 Å². The monoisotopic (exact) mass is 388 g/mol. The molecule has 0 saturated heterocycles. The second-order valence-electron chi connectivity index (χ2n) is 7.19. The van der Waals surface area contributed by atoms with E-state index < -0.39 is 0 Å². The molecule has 0 saturated carbocycles. The zero-order chi connectivity index (χ0) is 20.2. The summed E-state index contributed by atoms with van der Waals surface area (Å²) in [5, 5.41) is 13.6. The average Bonchev–Trinajstić information content (AvgIpc) is 3.05. The lowest BCUT2D eigenvalue weighted by Crippen LogP contribution is -2.11. The molecule has 0 aliphatic carbocycles. The number of phenolic OH excluding ortho intramolecular Hbond substituents is 1. The van der Waals surface area contributed by atoms with Crippen molar-refractivity contribution < 1.29 is 9.90 Å². The minimum atomic E-state index is -0.0231. The number of hydrogen-bond donors (Lipinski definition) is 2. The Labute approximate surface area is 169 Å². The number of unbranched alkanes of at least 4 members (excludes halogenated alkanes) is 2. The zero-order valence-corrected chi connectivity index (χ0v) is 16.4. The van der Waals surface area contributed by atoms with Crippen LogP contribution in [0.1, 0.15) is 31.5 Å². The number of nitrogens with one attached hydrogen (secondary N) is 1. The van der Waals surface area contributed by atoms with Crippen LogP contribution >= 0.6 is 0 Å². The normalized spacial score (nSPS) is 11.2. The molecule has 1 amide bonds. The number of carbonyl (C=O) groups excluding carboxylic acids is 1. The van der Waals surface area contributed by atoms with Crippen LogP contribution in [0.2, 0.25) is 0 Å². The molecule has 2 N–H and O–H groups in total. The molecule has 2 heterocycles. The van der Waals surface area contributed by atoms with Crippen molar-refractivity contribution in [3.63, 3.8) is 0 Å².